The van der Waals surface area contributed by atoms with E-state index < -0.39 is 0 Å². The molecule has 1 fully saturated rings. The van der Waals surface area contributed by atoms with E-state index in [4.69, 9.17) is 14.2 Å². The normalized spacial score (nSPS) is 20.8. The van der Waals surface area contributed by atoms with Gasteiger partial charge in [0.1, 0.15) is 24.2 Å². The third-order valence-corrected chi connectivity index (χ3v) is 7.66. The number of carbonyl (C=O) groups is 2. The molecule has 5 rings (SSSR count). The van der Waals surface area contributed by atoms with E-state index in [1.165, 1.54) is 17.4 Å². The first-order valence-electron chi connectivity index (χ1n) is 13.8. The first-order chi connectivity index (χ1) is 18.8. The molecule has 3 aromatic rings. The van der Waals surface area contributed by atoms with E-state index in [0.717, 1.165) is 18.4 Å². The van der Waals surface area contributed by atoms with Crippen molar-refractivity contribution in [3.63, 3.8) is 0 Å². The van der Waals surface area contributed by atoms with Gasteiger partial charge in [-0.15, -0.1) is 0 Å². The lowest BCUT2D eigenvalue weighted by Crippen LogP contribution is -2.43. The minimum Gasteiger partial charge on any atom is -0.493 e. The van der Waals surface area contributed by atoms with Gasteiger partial charge in [0.05, 0.1) is 11.5 Å². The maximum atomic E-state index is 13.2. The number of carbonyl (C=O) groups excluding carboxylic acids is 2. The fourth-order valence-corrected chi connectivity index (χ4v) is 5.34. The summed E-state index contributed by atoms with van der Waals surface area (Å²) in [4.78, 5) is 26.3. The van der Waals surface area contributed by atoms with Crippen LogP contribution in [0.1, 0.15) is 67.1 Å². The summed E-state index contributed by atoms with van der Waals surface area (Å²) >= 11 is 0. The van der Waals surface area contributed by atoms with Gasteiger partial charge in [0.2, 0.25) is 11.5 Å². The third kappa shape index (κ3) is 6.42. The van der Waals surface area contributed by atoms with Gasteiger partial charge in [0.15, 0.2) is 0 Å². The molecule has 0 spiro atoms. The number of Topliss-reactive ketones (excluding diaryl/α,β-unsaturated/α-hetero) is 1. The lowest BCUT2D eigenvalue weighted by atomic mass is 9.80. The van der Waals surface area contributed by atoms with Crippen LogP contribution in [0, 0.1) is 5.92 Å². The Kier molecular flexibility index (Phi) is 7.87. The number of ketones is 1. The SMILES string of the molecule is CC(C)(C)c1ccc(OC2=COC3CC(OC(=O)c4ccccc4CCc4ccccc4)CCC3C2=O)cc1. The highest BCUT2D eigenvalue weighted by Gasteiger charge is 2.42. The molecule has 0 saturated heterocycles. The second kappa shape index (κ2) is 11.5. The molecule has 5 nitrogen and oxygen atoms in total. The Morgan fingerprint density at radius 1 is 0.897 bits per heavy atom. The number of fused-ring (bicyclic) bond motifs is 1. The van der Waals surface area contributed by atoms with Crippen molar-refractivity contribution in [3.8, 4) is 5.75 Å². The van der Waals surface area contributed by atoms with E-state index in [0.29, 0.717) is 30.6 Å². The topological polar surface area (TPSA) is 61.8 Å². The van der Waals surface area contributed by atoms with Crippen LogP contribution in [0.2, 0.25) is 0 Å². The zero-order chi connectivity index (χ0) is 27.4. The molecule has 0 bridgehead atoms. The molecular formula is C34H36O5. The van der Waals surface area contributed by atoms with Gasteiger partial charge in [0.25, 0.3) is 0 Å². The number of esters is 1. The highest BCUT2D eigenvalue weighted by molar-refractivity contribution is 5.96. The molecule has 202 valence electrons. The fourth-order valence-electron chi connectivity index (χ4n) is 5.34. The van der Waals surface area contributed by atoms with Gasteiger partial charge in [0, 0.05) is 6.42 Å². The first kappa shape index (κ1) is 26.7. The maximum Gasteiger partial charge on any atom is 0.338 e. The average molecular weight is 525 g/mol. The van der Waals surface area contributed by atoms with Gasteiger partial charge >= 0.3 is 5.97 Å². The third-order valence-electron chi connectivity index (χ3n) is 7.66. The van der Waals surface area contributed by atoms with Crippen LogP contribution in [-0.2, 0) is 32.5 Å². The van der Waals surface area contributed by atoms with Gasteiger partial charge in [-0.2, -0.15) is 0 Å². The summed E-state index contributed by atoms with van der Waals surface area (Å²) in [5, 5.41) is 0. The molecule has 3 aromatic carbocycles. The number of rotatable bonds is 7. The molecule has 0 radical (unpaired) electrons. The summed E-state index contributed by atoms with van der Waals surface area (Å²) in [6.07, 6.45) is 4.09. The Morgan fingerprint density at radius 2 is 1.62 bits per heavy atom. The lowest BCUT2D eigenvalue weighted by Gasteiger charge is -2.36. The number of allylic oxidation sites excluding steroid dienone is 1. The van der Waals surface area contributed by atoms with Crippen LogP contribution >= 0.6 is 0 Å². The average Bonchev–Trinajstić information content (AvgIpc) is 2.94. The van der Waals surface area contributed by atoms with Gasteiger partial charge in [-0.1, -0.05) is 81.4 Å². The Labute approximate surface area is 230 Å². The van der Waals surface area contributed by atoms with Crippen molar-refractivity contribution < 1.29 is 23.8 Å². The molecule has 0 N–H and O–H groups in total. The minimum absolute atomic E-state index is 0.0428. The Hall–Kier alpha value is -3.86. The summed E-state index contributed by atoms with van der Waals surface area (Å²) in [5.74, 6) is 0.164. The van der Waals surface area contributed by atoms with E-state index >= 15 is 0 Å². The first-order valence-corrected chi connectivity index (χ1v) is 13.8. The highest BCUT2D eigenvalue weighted by atomic mass is 16.6. The minimum atomic E-state index is -0.326. The zero-order valence-electron chi connectivity index (χ0n) is 22.9. The highest BCUT2D eigenvalue weighted by Crippen LogP contribution is 2.36. The molecule has 1 aliphatic heterocycles. The summed E-state index contributed by atoms with van der Waals surface area (Å²) < 4.78 is 17.8. The second-order valence-electron chi connectivity index (χ2n) is 11.5. The predicted octanol–water partition coefficient (Wildman–Crippen LogP) is 6.98. The number of ether oxygens (including phenoxy) is 3. The number of aryl methyl sites for hydroxylation is 2. The van der Waals surface area contributed by atoms with Crippen molar-refractivity contribution in [2.24, 2.45) is 5.92 Å². The van der Waals surface area contributed by atoms with Crippen LogP contribution in [0.4, 0.5) is 0 Å². The Bertz CT molecular complexity index is 1330. The molecule has 0 amide bonds. The van der Waals surface area contributed by atoms with Crippen molar-refractivity contribution in [1.82, 2.24) is 0 Å². The van der Waals surface area contributed by atoms with Gasteiger partial charge in [-0.3, -0.25) is 4.79 Å². The van der Waals surface area contributed by atoms with E-state index in [9.17, 15) is 9.59 Å². The standard InChI is InChI=1S/C34H36O5/c1-34(2,3)25-15-17-26(18-16-25)38-31-22-37-30-21-27(19-20-29(30)32(31)35)39-33(36)28-12-8-7-11-24(28)14-13-23-9-5-4-6-10-23/h4-12,15-18,22,27,29-30H,13-14,19-21H2,1-3H3. The molecule has 0 aromatic heterocycles. The monoisotopic (exact) mass is 524 g/mol. The number of hydrogen-bond acceptors (Lipinski definition) is 5. The van der Waals surface area contributed by atoms with Crippen molar-refractivity contribution >= 4 is 11.8 Å². The largest absolute Gasteiger partial charge is 0.493 e. The molecule has 3 unspecified atom stereocenters. The molecule has 3 atom stereocenters. The van der Waals surface area contributed by atoms with Crippen LogP contribution in [0.15, 0.2) is 90.9 Å². The zero-order valence-corrected chi connectivity index (χ0v) is 22.9. The van der Waals surface area contributed by atoms with Gasteiger partial charge in [-0.05, 0) is 66.0 Å². The molecule has 5 heteroatoms. The predicted molar refractivity (Wildman–Crippen MR) is 151 cm³/mol. The molecule has 1 saturated carbocycles. The van der Waals surface area contributed by atoms with Crippen molar-refractivity contribution in [1.29, 1.82) is 0 Å². The summed E-state index contributed by atoms with van der Waals surface area (Å²) in [6.45, 7) is 6.47. The fraction of sp³-hybridized carbons (Fsp3) is 0.353. The summed E-state index contributed by atoms with van der Waals surface area (Å²) in [7, 11) is 0. The van der Waals surface area contributed by atoms with Crippen molar-refractivity contribution in [3.05, 3.63) is 113 Å². The Morgan fingerprint density at radius 3 is 2.36 bits per heavy atom. The van der Waals surface area contributed by atoms with Gasteiger partial charge < -0.3 is 14.2 Å². The van der Waals surface area contributed by atoms with Crippen LogP contribution < -0.4 is 4.74 Å². The summed E-state index contributed by atoms with van der Waals surface area (Å²) in [5.41, 5.74) is 4.05. The van der Waals surface area contributed by atoms with Crippen LogP contribution in [-0.4, -0.2) is 24.0 Å². The summed E-state index contributed by atoms with van der Waals surface area (Å²) in [6, 6.07) is 25.7. The quantitative estimate of drug-likeness (QED) is 0.312. The Balaban J connectivity index is 1.18. The smallest absolute Gasteiger partial charge is 0.338 e. The molecule has 2 aliphatic rings. The van der Waals surface area contributed by atoms with E-state index in [1.807, 2.05) is 66.7 Å². The maximum absolute atomic E-state index is 13.2. The van der Waals surface area contributed by atoms with E-state index in [1.54, 1.807) is 0 Å². The molecule has 39 heavy (non-hydrogen) atoms. The van der Waals surface area contributed by atoms with E-state index in [-0.39, 0.29) is 41.1 Å². The number of hydrogen-bond donors (Lipinski definition) is 0. The molecular weight excluding hydrogens is 488 g/mol. The van der Waals surface area contributed by atoms with Crippen LogP contribution in [0.3, 0.4) is 0 Å². The van der Waals surface area contributed by atoms with Crippen LogP contribution in [0.5, 0.6) is 5.75 Å². The number of benzene rings is 3. The lowest BCUT2D eigenvalue weighted by molar-refractivity contribution is -0.132. The second-order valence-corrected chi connectivity index (χ2v) is 11.5. The van der Waals surface area contributed by atoms with Crippen molar-refractivity contribution in [2.45, 2.75) is 70.5 Å². The van der Waals surface area contributed by atoms with Crippen LogP contribution in [0.25, 0.3) is 0 Å². The van der Waals surface area contributed by atoms with Crippen molar-refractivity contribution in [2.75, 3.05) is 0 Å². The molecule has 1 aliphatic carbocycles. The van der Waals surface area contributed by atoms with E-state index in [2.05, 4.69) is 32.9 Å². The molecule has 1 heterocycles. The van der Waals surface area contributed by atoms with Gasteiger partial charge in [-0.25, -0.2) is 4.79 Å².